The highest BCUT2D eigenvalue weighted by molar-refractivity contribution is 5.90. The lowest BCUT2D eigenvalue weighted by molar-refractivity contribution is 0.0593. The van der Waals surface area contributed by atoms with E-state index in [1.165, 1.54) is 5.56 Å². The van der Waals surface area contributed by atoms with E-state index in [-0.39, 0.29) is 22.8 Å². The van der Waals surface area contributed by atoms with Gasteiger partial charge < -0.3 is 14.2 Å². The number of hydrogen-bond donors (Lipinski definition) is 0. The van der Waals surface area contributed by atoms with Crippen LogP contribution in [0, 0.1) is 0 Å². The van der Waals surface area contributed by atoms with Gasteiger partial charge in [0.05, 0.1) is 19.8 Å². The first kappa shape index (κ1) is 23.4. The maximum absolute atomic E-state index is 13.0. The number of methoxy groups -OCH3 is 2. The Morgan fingerprint density at radius 2 is 1.79 bits per heavy atom. The molecule has 176 valence electrons. The van der Waals surface area contributed by atoms with E-state index in [1.807, 2.05) is 24.3 Å². The highest BCUT2D eigenvalue weighted by Gasteiger charge is 2.48. The van der Waals surface area contributed by atoms with E-state index in [2.05, 4.69) is 57.0 Å². The molecule has 0 saturated carbocycles. The van der Waals surface area contributed by atoms with Gasteiger partial charge in [0.25, 0.3) is 0 Å². The van der Waals surface area contributed by atoms with Crippen LogP contribution in [0.25, 0.3) is 0 Å². The van der Waals surface area contributed by atoms with Crippen LogP contribution in [0.1, 0.15) is 61.5 Å². The normalized spacial score (nSPS) is 23.0. The van der Waals surface area contributed by atoms with E-state index in [1.54, 1.807) is 14.2 Å². The molecule has 5 nitrogen and oxygen atoms in total. The number of likely N-dealkylation sites (N-methyl/N-ethyl adjacent to an activating group) is 1. The number of fused-ring (bicyclic) bond motifs is 1. The fourth-order valence-corrected chi connectivity index (χ4v) is 5.23. The zero-order chi connectivity index (χ0) is 23.8. The molecule has 0 radical (unpaired) electrons. The number of benzene rings is 2. The standard InChI is InChI=1S/C28H35NO4/c1-27(2,3)20-9-7-8-19(16-20)26(30)33-22-12-13-28(14-15-29(4)25(28)18-22)21-10-11-23(31-5)24(17-21)32-6/h7-11,16-18,25H,12-15H2,1-6H3. The van der Waals surface area contributed by atoms with Crippen molar-refractivity contribution in [3.63, 3.8) is 0 Å². The van der Waals surface area contributed by atoms with Crippen molar-refractivity contribution in [2.45, 2.75) is 56.9 Å². The fourth-order valence-electron chi connectivity index (χ4n) is 5.23. The van der Waals surface area contributed by atoms with Crippen molar-refractivity contribution in [3.05, 3.63) is 71.0 Å². The van der Waals surface area contributed by atoms with Crippen LogP contribution in [0.3, 0.4) is 0 Å². The summed E-state index contributed by atoms with van der Waals surface area (Å²) in [5.41, 5.74) is 2.91. The molecular formula is C28H35NO4. The summed E-state index contributed by atoms with van der Waals surface area (Å²) in [6, 6.07) is 14.2. The maximum Gasteiger partial charge on any atom is 0.343 e. The smallest absolute Gasteiger partial charge is 0.343 e. The van der Waals surface area contributed by atoms with Crippen molar-refractivity contribution in [2.75, 3.05) is 27.8 Å². The number of carbonyl (C=O) groups is 1. The molecule has 1 aliphatic heterocycles. The molecule has 33 heavy (non-hydrogen) atoms. The molecule has 0 amide bonds. The molecule has 1 fully saturated rings. The first-order valence-corrected chi connectivity index (χ1v) is 11.6. The summed E-state index contributed by atoms with van der Waals surface area (Å²) in [4.78, 5) is 15.3. The van der Waals surface area contributed by atoms with E-state index >= 15 is 0 Å². The van der Waals surface area contributed by atoms with Gasteiger partial charge in [-0.2, -0.15) is 0 Å². The largest absolute Gasteiger partial charge is 0.493 e. The van der Waals surface area contributed by atoms with Crippen molar-refractivity contribution >= 4 is 5.97 Å². The Morgan fingerprint density at radius 1 is 1.03 bits per heavy atom. The zero-order valence-electron chi connectivity index (χ0n) is 20.6. The number of hydrogen-bond acceptors (Lipinski definition) is 5. The highest BCUT2D eigenvalue weighted by atomic mass is 16.5. The second kappa shape index (κ2) is 8.86. The highest BCUT2D eigenvalue weighted by Crippen LogP contribution is 2.49. The van der Waals surface area contributed by atoms with Crippen molar-refractivity contribution in [2.24, 2.45) is 0 Å². The number of allylic oxidation sites excluding steroid dienone is 1. The topological polar surface area (TPSA) is 48.0 Å². The summed E-state index contributed by atoms with van der Waals surface area (Å²) < 4.78 is 16.9. The average molecular weight is 450 g/mol. The van der Waals surface area contributed by atoms with Crippen LogP contribution in [0.2, 0.25) is 0 Å². The van der Waals surface area contributed by atoms with Crippen molar-refractivity contribution < 1.29 is 19.0 Å². The molecule has 2 aromatic carbocycles. The van der Waals surface area contributed by atoms with Gasteiger partial charge >= 0.3 is 5.97 Å². The zero-order valence-corrected chi connectivity index (χ0v) is 20.6. The van der Waals surface area contributed by atoms with Gasteiger partial charge in [0.2, 0.25) is 0 Å². The average Bonchev–Trinajstić information content (AvgIpc) is 3.15. The molecule has 2 aromatic rings. The van der Waals surface area contributed by atoms with Crippen molar-refractivity contribution in [1.82, 2.24) is 4.90 Å². The molecular weight excluding hydrogens is 414 g/mol. The Morgan fingerprint density at radius 3 is 2.48 bits per heavy atom. The van der Waals surface area contributed by atoms with Crippen LogP contribution in [-0.2, 0) is 15.6 Å². The summed E-state index contributed by atoms with van der Waals surface area (Å²) in [6.45, 7) is 7.42. The Labute approximate surface area is 197 Å². The van der Waals surface area contributed by atoms with Gasteiger partial charge in [-0.1, -0.05) is 39.0 Å². The monoisotopic (exact) mass is 449 g/mol. The minimum absolute atomic E-state index is 0.0218. The number of esters is 1. The molecule has 0 N–H and O–H groups in total. The quantitative estimate of drug-likeness (QED) is 0.566. The molecule has 1 aliphatic carbocycles. The van der Waals surface area contributed by atoms with Gasteiger partial charge in [-0.25, -0.2) is 4.79 Å². The lowest BCUT2D eigenvalue weighted by atomic mass is 9.68. The molecule has 2 aliphatic rings. The molecule has 0 aromatic heterocycles. The predicted octanol–water partition coefficient (Wildman–Crippen LogP) is 5.48. The molecule has 1 heterocycles. The molecule has 2 unspecified atom stereocenters. The Bertz CT molecular complexity index is 1070. The molecule has 5 heteroatoms. The van der Waals surface area contributed by atoms with E-state index in [4.69, 9.17) is 14.2 Å². The fraction of sp³-hybridized carbons (Fsp3) is 0.464. The molecule has 4 rings (SSSR count). The van der Waals surface area contributed by atoms with Crippen LogP contribution in [0.5, 0.6) is 11.5 Å². The van der Waals surface area contributed by atoms with Gasteiger partial charge in [0, 0.05) is 17.9 Å². The van der Waals surface area contributed by atoms with Gasteiger partial charge in [0.1, 0.15) is 5.76 Å². The third kappa shape index (κ3) is 4.39. The number of likely N-dealkylation sites (tertiary alicyclic amines) is 1. The number of nitrogens with zero attached hydrogens (tertiary/aromatic N) is 1. The molecule has 1 saturated heterocycles. The lowest BCUT2D eigenvalue weighted by Gasteiger charge is -2.40. The minimum atomic E-state index is -0.286. The SMILES string of the molecule is COc1ccc(C23CCC(OC(=O)c4cccc(C(C)(C)C)c4)=CC2N(C)CC3)cc1OC. The van der Waals surface area contributed by atoms with Crippen LogP contribution in [-0.4, -0.2) is 44.7 Å². The molecule has 0 spiro atoms. The van der Waals surface area contributed by atoms with E-state index in [9.17, 15) is 4.79 Å². The van der Waals surface area contributed by atoms with Crippen LogP contribution < -0.4 is 9.47 Å². The van der Waals surface area contributed by atoms with Crippen molar-refractivity contribution in [3.8, 4) is 11.5 Å². The van der Waals surface area contributed by atoms with Crippen molar-refractivity contribution in [1.29, 1.82) is 0 Å². The predicted molar refractivity (Wildman–Crippen MR) is 130 cm³/mol. The summed E-state index contributed by atoms with van der Waals surface area (Å²) in [6.07, 6.45) is 4.84. The Kier molecular flexibility index (Phi) is 6.28. The van der Waals surface area contributed by atoms with E-state index < -0.39 is 0 Å². The Balaban J connectivity index is 1.60. The number of carbonyl (C=O) groups excluding carboxylic acids is 1. The van der Waals surface area contributed by atoms with Gasteiger partial charge in [-0.15, -0.1) is 0 Å². The van der Waals surface area contributed by atoms with Crippen LogP contribution in [0.15, 0.2) is 54.3 Å². The van der Waals surface area contributed by atoms with E-state index in [0.29, 0.717) is 5.56 Å². The van der Waals surface area contributed by atoms with Crippen LogP contribution in [0.4, 0.5) is 0 Å². The summed E-state index contributed by atoms with van der Waals surface area (Å²) >= 11 is 0. The first-order chi connectivity index (χ1) is 15.7. The molecule has 0 bridgehead atoms. The van der Waals surface area contributed by atoms with E-state index in [0.717, 1.165) is 48.6 Å². The third-order valence-corrected chi connectivity index (χ3v) is 7.26. The third-order valence-electron chi connectivity index (χ3n) is 7.26. The minimum Gasteiger partial charge on any atom is -0.493 e. The second-order valence-electron chi connectivity index (χ2n) is 10.3. The summed E-state index contributed by atoms with van der Waals surface area (Å²) in [5.74, 6) is 1.96. The summed E-state index contributed by atoms with van der Waals surface area (Å²) in [5, 5.41) is 0. The first-order valence-electron chi connectivity index (χ1n) is 11.6. The number of rotatable bonds is 5. The Hall–Kier alpha value is -2.79. The van der Waals surface area contributed by atoms with Gasteiger partial charge in [-0.3, -0.25) is 4.90 Å². The lowest BCUT2D eigenvalue weighted by Crippen LogP contribution is -2.42. The second-order valence-corrected chi connectivity index (χ2v) is 10.3. The maximum atomic E-state index is 13.0. The van der Waals surface area contributed by atoms with Gasteiger partial charge in [0.15, 0.2) is 11.5 Å². The molecule has 2 atom stereocenters. The van der Waals surface area contributed by atoms with Gasteiger partial charge in [-0.05, 0) is 73.3 Å². The van der Waals surface area contributed by atoms with Crippen LogP contribution >= 0.6 is 0 Å². The summed E-state index contributed by atoms with van der Waals surface area (Å²) in [7, 11) is 5.47. The number of ether oxygens (including phenoxy) is 3.